The number of rotatable bonds is 4. The predicted molar refractivity (Wildman–Crippen MR) is 97.4 cm³/mol. The van der Waals surface area contributed by atoms with Crippen LogP contribution in [-0.2, 0) is 9.53 Å². The van der Waals surface area contributed by atoms with Crippen LogP contribution in [0.1, 0.15) is 26.7 Å². The zero-order chi connectivity index (χ0) is 19.1. The second kappa shape index (κ2) is 7.26. The van der Waals surface area contributed by atoms with Crippen LogP contribution in [0, 0.1) is 17.8 Å². The van der Waals surface area contributed by atoms with Gasteiger partial charge in [0.1, 0.15) is 0 Å². The fourth-order valence-corrected chi connectivity index (χ4v) is 4.85. The number of carbonyl (C=O) groups is 1. The van der Waals surface area contributed by atoms with Crippen molar-refractivity contribution in [2.24, 2.45) is 32.8 Å². The Morgan fingerprint density at radius 3 is 2.81 bits per heavy atom. The molecular weight excluding hydrogens is 356 g/mol. The van der Waals surface area contributed by atoms with Gasteiger partial charge < -0.3 is 15.1 Å². The van der Waals surface area contributed by atoms with E-state index >= 15 is 0 Å². The van der Waals surface area contributed by atoms with E-state index in [1.54, 1.807) is 6.21 Å². The number of aliphatic imine (C=N–C) groups is 2. The molecule has 0 spiro atoms. The van der Waals surface area contributed by atoms with Crippen molar-refractivity contribution in [3.8, 4) is 0 Å². The number of amides is 1. The van der Waals surface area contributed by atoms with E-state index in [-0.39, 0.29) is 48.3 Å². The summed E-state index contributed by atoms with van der Waals surface area (Å²) in [5.41, 5.74) is 3.82. The number of carbonyl (C=O) groups excluding carboxylic acids is 1. The topological polar surface area (TPSA) is 78.7 Å². The molecule has 7 unspecified atom stereocenters. The summed E-state index contributed by atoms with van der Waals surface area (Å²) in [6, 6.07) is -0.186. The number of hydrogen-bond acceptors (Lipinski definition) is 6. The molecule has 7 nitrogen and oxygen atoms in total. The monoisotopic (exact) mass is 381 g/mol. The van der Waals surface area contributed by atoms with Crippen LogP contribution in [0.4, 0.5) is 8.78 Å². The minimum atomic E-state index is -2.78. The van der Waals surface area contributed by atoms with E-state index in [1.807, 2.05) is 18.0 Å². The molecule has 148 valence electrons. The molecule has 0 aliphatic carbocycles. The first-order chi connectivity index (χ1) is 13.0. The van der Waals surface area contributed by atoms with Gasteiger partial charge in [0.15, 0.2) is 0 Å². The number of nitrogens with zero attached hydrogens (tertiary/aromatic N) is 4. The van der Waals surface area contributed by atoms with Crippen molar-refractivity contribution in [2.45, 2.75) is 57.5 Å². The van der Waals surface area contributed by atoms with Gasteiger partial charge in [-0.1, -0.05) is 6.92 Å². The molecule has 0 aromatic rings. The molecule has 4 heterocycles. The van der Waals surface area contributed by atoms with Crippen LogP contribution in [-0.4, -0.2) is 72.9 Å². The van der Waals surface area contributed by atoms with Crippen molar-refractivity contribution in [3.05, 3.63) is 0 Å². The summed E-state index contributed by atoms with van der Waals surface area (Å²) in [6.07, 6.45) is 4.26. The van der Waals surface area contributed by atoms with E-state index in [9.17, 15) is 13.6 Å². The van der Waals surface area contributed by atoms with E-state index in [0.29, 0.717) is 13.0 Å². The van der Waals surface area contributed by atoms with Crippen LogP contribution in [0.5, 0.6) is 0 Å². The van der Waals surface area contributed by atoms with E-state index < -0.39 is 12.7 Å². The maximum atomic E-state index is 13.0. The van der Waals surface area contributed by atoms with Crippen molar-refractivity contribution in [1.82, 2.24) is 10.3 Å². The molecule has 4 aliphatic rings. The molecule has 1 amide bonds. The van der Waals surface area contributed by atoms with Gasteiger partial charge in [-0.05, 0) is 25.7 Å². The van der Waals surface area contributed by atoms with Crippen LogP contribution < -0.4 is 5.43 Å². The van der Waals surface area contributed by atoms with Crippen molar-refractivity contribution in [3.63, 3.8) is 0 Å². The highest BCUT2D eigenvalue weighted by Crippen LogP contribution is 2.39. The second-order valence-electron chi connectivity index (χ2n) is 7.87. The highest BCUT2D eigenvalue weighted by Gasteiger charge is 2.51. The normalized spacial score (nSPS) is 41.1. The number of alkyl halides is 2. The molecule has 4 aliphatic heterocycles. The standard InChI is InChI=1S/C18H25F2N5O2/c1-9-3-14(11-4-13(8-21-5-11)27-18(19)20)24-16-10(2)25(17(26)15(9)16)12-6-22-23-7-12/h5-6,9-15,18,23H,3-4,7-8H2,1-2H3. The molecule has 7 atom stereocenters. The molecule has 0 bridgehead atoms. The van der Waals surface area contributed by atoms with Crippen molar-refractivity contribution < 1.29 is 18.3 Å². The summed E-state index contributed by atoms with van der Waals surface area (Å²) in [7, 11) is 0. The average Bonchev–Trinajstić information content (AvgIpc) is 3.22. The lowest BCUT2D eigenvalue weighted by molar-refractivity contribution is -0.164. The molecule has 1 N–H and O–H groups in total. The maximum absolute atomic E-state index is 13.0. The summed E-state index contributed by atoms with van der Waals surface area (Å²) in [4.78, 5) is 24.1. The number of nitrogens with one attached hydrogen (secondary N) is 1. The third-order valence-electron chi connectivity index (χ3n) is 6.11. The molecular formula is C18H25F2N5O2. The van der Waals surface area contributed by atoms with Crippen LogP contribution >= 0.6 is 0 Å². The van der Waals surface area contributed by atoms with Gasteiger partial charge in [-0.15, -0.1) is 0 Å². The van der Waals surface area contributed by atoms with Gasteiger partial charge in [-0.2, -0.15) is 13.9 Å². The highest BCUT2D eigenvalue weighted by molar-refractivity contribution is 6.14. The first kappa shape index (κ1) is 18.5. The molecule has 0 aromatic heterocycles. The van der Waals surface area contributed by atoms with Crippen molar-refractivity contribution in [2.75, 3.05) is 13.1 Å². The van der Waals surface area contributed by atoms with Crippen LogP contribution in [0.15, 0.2) is 15.1 Å². The third kappa shape index (κ3) is 3.37. The molecule has 1 fully saturated rings. The minimum absolute atomic E-state index is 0.0375. The lowest BCUT2D eigenvalue weighted by Gasteiger charge is -2.34. The van der Waals surface area contributed by atoms with Gasteiger partial charge in [0, 0.05) is 24.1 Å². The Morgan fingerprint density at radius 1 is 1.30 bits per heavy atom. The van der Waals surface area contributed by atoms with Crippen LogP contribution in [0.3, 0.4) is 0 Å². The van der Waals surface area contributed by atoms with Crippen molar-refractivity contribution in [1.29, 1.82) is 0 Å². The SMILES string of the molecule is CC1CC(C2C=NCC(OC(F)F)C2)N=C2C1C(=O)N(C1C=NNC1)C2C. The molecule has 0 saturated carbocycles. The summed E-state index contributed by atoms with van der Waals surface area (Å²) < 4.78 is 29.8. The summed E-state index contributed by atoms with van der Waals surface area (Å²) in [5.74, 6) is 0.0328. The fraction of sp³-hybridized carbons (Fsp3) is 0.778. The number of hydrogen-bond donors (Lipinski definition) is 1. The summed E-state index contributed by atoms with van der Waals surface area (Å²) in [5, 5.41) is 4.03. The molecule has 9 heteroatoms. The Bertz CT molecular complexity index is 683. The molecule has 1 saturated heterocycles. The number of hydrazone groups is 1. The third-order valence-corrected chi connectivity index (χ3v) is 6.11. The van der Waals surface area contributed by atoms with Crippen molar-refractivity contribution >= 4 is 24.0 Å². The van der Waals surface area contributed by atoms with Crippen LogP contribution in [0.25, 0.3) is 0 Å². The molecule has 4 rings (SSSR count). The average molecular weight is 381 g/mol. The highest BCUT2D eigenvalue weighted by atomic mass is 19.3. The summed E-state index contributed by atoms with van der Waals surface area (Å²) in [6.45, 7) is 2.19. The van der Waals surface area contributed by atoms with E-state index in [2.05, 4.69) is 27.2 Å². The molecule has 27 heavy (non-hydrogen) atoms. The van der Waals surface area contributed by atoms with Gasteiger partial charge in [0.2, 0.25) is 5.91 Å². The first-order valence-electron chi connectivity index (χ1n) is 9.55. The number of ether oxygens (including phenoxy) is 1. The Labute approximate surface area is 156 Å². The quantitative estimate of drug-likeness (QED) is 0.798. The molecule has 0 aromatic carbocycles. The smallest absolute Gasteiger partial charge is 0.324 e. The van der Waals surface area contributed by atoms with E-state index in [1.165, 1.54) is 0 Å². The molecule has 0 radical (unpaired) electrons. The fourth-order valence-electron chi connectivity index (χ4n) is 4.85. The zero-order valence-electron chi connectivity index (χ0n) is 15.5. The van der Waals surface area contributed by atoms with Gasteiger partial charge >= 0.3 is 6.61 Å². The van der Waals surface area contributed by atoms with Gasteiger partial charge in [0.25, 0.3) is 0 Å². The van der Waals surface area contributed by atoms with Gasteiger partial charge in [-0.3, -0.25) is 14.8 Å². The summed E-state index contributed by atoms with van der Waals surface area (Å²) >= 11 is 0. The van der Waals surface area contributed by atoms with Gasteiger partial charge in [-0.25, -0.2) is 0 Å². The van der Waals surface area contributed by atoms with Crippen LogP contribution in [0.2, 0.25) is 0 Å². The van der Waals surface area contributed by atoms with Gasteiger partial charge in [0.05, 0.1) is 43.2 Å². The Hall–Kier alpha value is -1.90. The Morgan fingerprint density at radius 2 is 2.11 bits per heavy atom. The minimum Gasteiger partial charge on any atom is -0.324 e. The number of halogens is 2. The van der Waals surface area contributed by atoms with E-state index in [0.717, 1.165) is 12.1 Å². The predicted octanol–water partition coefficient (Wildman–Crippen LogP) is 1.34. The number of likely N-dealkylation sites (tertiary alicyclic amines) is 1. The largest absolute Gasteiger partial charge is 0.345 e. The first-order valence-corrected chi connectivity index (χ1v) is 9.55. The number of fused-ring (bicyclic) bond motifs is 1. The van der Waals surface area contributed by atoms with E-state index in [4.69, 9.17) is 4.99 Å². The maximum Gasteiger partial charge on any atom is 0.345 e. The second-order valence-corrected chi connectivity index (χ2v) is 7.87. The Kier molecular flexibility index (Phi) is 4.96. The Balaban J connectivity index is 1.54. The lowest BCUT2D eigenvalue weighted by Crippen LogP contribution is -2.45. The zero-order valence-corrected chi connectivity index (χ0v) is 15.5. The lowest BCUT2D eigenvalue weighted by atomic mass is 9.77.